The van der Waals surface area contributed by atoms with Crippen LogP contribution in [0.5, 0.6) is 5.75 Å². The molecule has 0 amide bonds. The number of hydrogen-bond donors (Lipinski definition) is 2. The average molecular weight is 244 g/mol. The van der Waals surface area contributed by atoms with E-state index in [1.165, 1.54) is 18.2 Å². The van der Waals surface area contributed by atoms with Gasteiger partial charge in [0.05, 0.1) is 6.61 Å². The zero-order chi connectivity index (χ0) is 12.4. The highest BCUT2D eigenvalue weighted by atomic mass is 16.5. The molecule has 3 nitrogen and oxygen atoms in total. The van der Waals surface area contributed by atoms with Crippen LogP contribution in [-0.4, -0.2) is 24.2 Å². The van der Waals surface area contributed by atoms with Gasteiger partial charge in [0.25, 0.3) is 0 Å². The van der Waals surface area contributed by atoms with Gasteiger partial charge >= 0.3 is 0 Å². The molecule has 0 spiro atoms. The van der Waals surface area contributed by atoms with Gasteiger partial charge < -0.3 is 15.0 Å². The summed E-state index contributed by atoms with van der Waals surface area (Å²) in [5, 5.41) is 4.74. The Morgan fingerprint density at radius 3 is 3.17 bits per heavy atom. The van der Waals surface area contributed by atoms with Crippen molar-refractivity contribution in [1.29, 1.82) is 0 Å². The largest absolute Gasteiger partial charge is 0.493 e. The quantitative estimate of drug-likeness (QED) is 0.871. The van der Waals surface area contributed by atoms with Crippen molar-refractivity contribution in [2.75, 3.05) is 13.2 Å². The molecule has 0 saturated carbocycles. The summed E-state index contributed by atoms with van der Waals surface area (Å²) in [7, 11) is 0. The molecule has 3 heteroatoms. The highest BCUT2D eigenvalue weighted by molar-refractivity contribution is 5.80. The molecule has 1 aromatic carbocycles. The van der Waals surface area contributed by atoms with Gasteiger partial charge in [-0.1, -0.05) is 0 Å². The van der Waals surface area contributed by atoms with Gasteiger partial charge in [-0.25, -0.2) is 0 Å². The molecule has 0 radical (unpaired) electrons. The molecule has 1 saturated heterocycles. The molecule has 2 heterocycles. The first kappa shape index (κ1) is 11.6. The van der Waals surface area contributed by atoms with Gasteiger partial charge in [0, 0.05) is 29.7 Å². The zero-order valence-corrected chi connectivity index (χ0v) is 10.8. The van der Waals surface area contributed by atoms with Gasteiger partial charge in [-0.15, -0.1) is 0 Å². The lowest BCUT2D eigenvalue weighted by molar-refractivity contribution is 0.183. The van der Waals surface area contributed by atoms with Gasteiger partial charge in [0.1, 0.15) is 5.75 Å². The molecule has 2 unspecified atom stereocenters. The molecule has 1 aromatic heterocycles. The summed E-state index contributed by atoms with van der Waals surface area (Å²) in [6.45, 7) is 4.20. The van der Waals surface area contributed by atoms with E-state index < -0.39 is 0 Å². The van der Waals surface area contributed by atoms with Crippen molar-refractivity contribution in [2.24, 2.45) is 5.92 Å². The monoisotopic (exact) mass is 244 g/mol. The van der Waals surface area contributed by atoms with E-state index >= 15 is 0 Å². The Morgan fingerprint density at radius 1 is 1.33 bits per heavy atom. The first-order chi connectivity index (χ1) is 8.83. The smallest absolute Gasteiger partial charge is 0.121 e. The van der Waals surface area contributed by atoms with E-state index in [1.807, 2.05) is 6.20 Å². The SMILES string of the molecule is CC1NCCCC1COc1ccc2cc[nH]c2c1. The Kier molecular flexibility index (Phi) is 3.24. The van der Waals surface area contributed by atoms with Crippen LogP contribution >= 0.6 is 0 Å². The van der Waals surface area contributed by atoms with Crippen LogP contribution in [0.4, 0.5) is 0 Å². The summed E-state index contributed by atoms with van der Waals surface area (Å²) in [5.74, 6) is 1.58. The van der Waals surface area contributed by atoms with Crippen LogP contribution in [0.3, 0.4) is 0 Å². The van der Waals surface area contributed by atoms with E-state index in [1.54, 1.807) is 0 Å². The summed E-state index contributed by atoms with van der Waals surface area (Å²) in [6, 6.07) is 8.87. The Labute approximate surface area is 108 Å². The minimum absolute atomic E-state index is 0.563. The predicted molar refractivity (Wildman–Crippen MR) is 74.0 cm³/mol. The fraction of sp³-hybridized carbons (Fsp3) is 0.467. The number of H-pyrrole nitrogens is 1. The number of aromatic nitrogens is 1. The first-order valence-corrected chi connectivity index (χ1v) is 6.76. The van der Waals surface area contributed by atoms with Crippen molar-refractivity contribution < 1.29 is 4.74 Å². The highest BCUT2D eigenvalue weighted by Crippen LogP contribution is 2.22. The molecule has 2 atom stereocenters. The van der Waals surface area contributed by atoms with Crippen molar-refractivity contribution in [2.45, 2.75) is 25.8 Å². The number of piperidine rings is 1. The topological polar surface area (TPSA) is 37.0 Å². The minimum atomic E-state index is 0.563. The molecular weight excluding hydrogens is 224 g/mol. The van der Waals surface area contributed by atoms with Gasteiger partial charge in [-0.3, -0.25) is 0 Å². The van der Waals surface area contributed by atoms with Crippen LogP contribution in [0.1, 0.15) is 19.8 Å². The van der Waals surface area contributed by atoms with Crippen LogP contribution in [0.2, 0.25) is 0 Å². The standard InChI is InChI=1S/C15H20N2O/c1-11-13(3-2-7-16-11)10-18-14-5-4-12-6-8-17-15(12)9-14/h4-6,8-9,11,13,16-17H,2-3,7,10H2,1H3. The normalized spacial score (nSPS) is 24.3. The number of fused-ring (bicyclic) bond motifs is 1. The molecule has 2 aromatic rings. The van der Waals surface area contributed by atoms with Crippen molar-refractivity contribution in [1.82, 2.24) is 10.3 Å². The van der Waals surface area contributed by atoms with Gasteiger partial charge in [0.2, 0.25) is 0 Å². The minimum Gasteiger partial charge on any atom is -0.493 e. The fourth-order valence-corrected chi connectivity index (χ4v) is 2.66. The maximum absolute atomic E-state index is 5.93. The summed E-state index contributed by atoms with van der Waals surface area (Å²) < 4.78 is 5.93. The van der Waals surface area contributed by atoms with Gasteiger partial charge in [-0.05, 0) is 49.9 Å². The lowest BCUT2D eigenvalue weighted by Gasteiger charge is -2.29. The molecular formula is C15H20N2O. The van der Waals surface area contributed by atoms with E-state index in [2.05, 4.69) is 41.5 Å². The summed E-state index contributed by atoms with van der Waals surface area (Å²) in [6.07, 6.45) is 4.48. The summed E-state index contributed by atoms with van der Waals surface area (Å²) >= 11 is 0. The van der Waals surface area contributed by atoms with Crippen molar-refractivity contribution in [3.8, 4) is 5.75 Å². The number of benzene rings is 1. The average Bonchev–Trinajstić information content (AvgIpc) is 2.85. The predicted octanol–water partition coefficient (Wildman–Crippen LogP) is 2.93. The third-order valence-electron chi connectivity index (χ3n) is 3.92. The van der Waals surface area contributed by atoms with Crippen molar-refractivity contribution in [3.63, 3.8) is 0 Å². The molecule has 0 aliphatic carbocycles. The molecule has 2 N–H and O–H groups in total. The second-order valence-corrected chi connectivity index (χ2v) is 5.18. The van der Waals surface area contributed by atoms with Gasteiger partial charge in [0.15, 0.2) is 0 Å². The number of ether oxygens (including phenoxy) is 1. The molecule has 18 heavy (non-hydrogen) atoms. The van der Waals surface area contributed by atoms with E-state index in [4.69, 9.17) is 4.74 Å². The third-order valence-corrected chi connectivity index (χ3v) is 3.92. The van der Waals surface area contributed by atoms with Crippen LogP contribution in [0.15, 0.2) is 30.5 Å². The lowest BCUT2D eigenvalue weighted by Crippen LogP contribution is -2.41. The maximum Gasteiger partial charge on any atom is 0.121 e. The Balaban J connectivity index is 1.65. The third kappa shape index (κ3) is 2.36. The molecule has 96 valence electrons. The van der Waals surface area contributed by atoms with E-state index in [0.29, 0.717) is 12.0 Å². The second-order valence-electron chi connectivity index (χ2n) is 5.18. The summed E-state index contributed by atoms with van der Waals surface area (Å²) in [5.41, 5.74) is 1.14. The first-order valence-electron chi connectivity index (χ1n) is 6.76. The molecule has 1 aliphatic heterocycles. The number of aromatic amines is 1. The number of rotatable bonds is 3. The van der Waals surface area contributed by atoms with Crippen LogP contribution in [0.25, 0.3) is 10.9 Å². The number of hydrogen-bond acceptors (Lipinski definition) is 2. The Hall–Kier alpha value is -1.48. The van der Waals surface area contributed by atoms with Crippen molar-refractivity contribution >= 4 is 10.9 Å². The second kappa shape index (κ2) is 5.02. The van der Waals surface area contributed by atoms with Crippen LogP contribution < -0.4 is 10.1 Å². The number of nitrogens with one attached hydrogen (secondary N) is 2. The highest BCUT2D eigenvalue weighted by Gasteiger charge is 2.21. The van der Waals surface area contributed by atoms with E-state index in [9.17, 15) is 0 Å². The van der Waals surface area contributed by atoms with E-state index in [-0.39, 0.29) is 0 Å². The molecule has 3 rings (SSSR count). The van der Waals surface area contributed by atoms with Crippen LogP contribution in [-0.2, 0) is 0 Å². The Morgan fingerprint density at radius 2 is 2.28 bits per heavy atom. The van der Waals surface area contributed by atoms with Crippen LogP contribution in [0, 0.1) is 5.92 Å². The summed E-state index contributed by atoms with van der Waals surface area (Å²) in [4.78, 5) is 3.21. The van der Waals surface area contributed by atoms with Gasteiger partial charge in [-0.2, -0.15) is 0 Å². The lowest BCUT2D eigenvalue weighted by atomic mass is 9.93. The molecule has 1 aliphatic rings. The van der Waals surface area contributed by atoms with Crippen molar-refractivity contribution in [3.05, 3.63) is 30.5 Å². The maximum atomic E-state index is 5.93. The molecule has 0 bridgehead atoms. The zero-order valence-electron chi connectivity index (χ0n) is 10.8. The fourth-order valence-electron chi connectivity index (χ4n) is 2.66. The Bertz CT molecular complexity index is 520. The van der Waals surface area contributed by atoms with E-state index in [0.717, 1.165) is 24.4 Å². The molecule has 1 fully saturated rings.